The minimum Gasteiger partial charge on any atom is -0.465 e. The van der Waals surface area contributed by atoms with Crippen molar-refractivity contribution in [1.29, 1.82) is 0 Å². The summed E-state index contributed by atoms with van der Waals surface area (Å²) in [5.74, 6) is 2.85. The molecule has 0 aliphatic heterocycles. The van der Waals surface area contributed by atoms with Crippen molar-refractivity contribution in [2.24, 2.45) is 11.8 Å². The van der Waals surface area contributed by atoms with E-state index >= 15 is 0 Å². The van der Waals surface area contributed by atoms with Crippen molar-refractivity contribution in [3.05, 3.63) is 12.2 Å². The predicted octanol–water partition coefficient (Wildman–Crippen LogP) is 2.50. The summed E-state index contributed by atoms with van der Waals surface area (Å²) in [7, 11) is 0. The van der Waals surface area contributed by atoms with E-state index in [0.29, 0.717) is 25.7 Å². The first kappa shape index (κ1) is 14.5. The Balaban J connectivity index is 2.40. The number of rotatable bonds is 6. The van der Waals surface area contributed by atoms with Crippen LogP contribution in [0.1, 0.15) is 39.0 Å². The zero-order valence-corrected chi connectivity index (χ0v) is 10.9. The van der Waals surface area contributed by atoms with Gasteiger partial charge in [0.25, 0.3) is 0 Å². The molecule has 0 aromatic carbocycles. The molecule has 0 spiro atoms. The summed E-state index contributed by atoms with van der Waals surface area (Å²) < 4.78 is 5.02. The van der Waals surface area contributed by atoms with Crippen LogP contribution in [0.2, 0.25) is 0 Å². The van der Waals surface area contributed by atoms with Gasteiger partial charge in [-0.2, -0.15) is 0 Å². The van der Waals surface area contributed by atoms with Gasteiger partial charge in [0.2, 0.25) is 0 Å². The number of carbonyl (C=O) groups is 2. The van der Waals surface area contributed by atoms with Gasteiger partial charge in [0.1, 0.15) is 12.4 Å². The van der Waals surface area contributed by atoms with E-state index in [1.165, 1.54) is 0 Å². The maximum atomic E-state index is 11.6. The number of carbonyl (C=O) groups excluding carboxylic acids is 2. The first-order valence-electron chi connectivity index (χ1n) is 6.39. The smallest absolute Gasteiger partial charge is 0.306 e. The highest BCUT2D eigenvalue weighted by Crippen LogP contribution is 2.34. The van der Waals surface area contributed by atoms with Crippen LogP contribution in [0.25, 0.3) is 0 Å². The molecule has 0 aromatic heterocycles. The van der Waals surface area contributed by atoms with E-state index < -0.39 is 0 Å². The molecule has 0 amide bonds. The molecule has 1 aliphatic carbocycles. The number of Topliss-reactive ketones (excluding diaryl/α,β-unsaturated/α-hetero) is 1. The fourth-order valence-electron chi connectivity index (χ4n) is 2.32. The van der Waals surface area contributed by atoms with Gasteiger partial charge in [-0.1, -0.05) is 12.2 Å². The lowest BCUT2D eigenvalue weighted by Crippen LogP contribution is -2.15. The highest BCUT2D eigenvalue weighted by molar-refractivity contribution is 5.82. The van der Waals surface area contributed by atoms with Crippen LogP contribution in [0.3, 0.4) is 0 Å². The van der Waals surface area contributed by atoms with Crippen LogP contribution in [-0.2, 0) is 14.3 Å². The molecule has 0 aromatic rings. The van der Waals surface area contributed by atoms with Gasteiger partial charge in [-0.05, 0) is 25.2 Å². The fourth-order valence-corrected chi connectivity index (χ4v) is 2.32. The lowest BCUT2D eigenvalue weighted by atomic mass is 9.90. The Morgan fingerprint density at radius 3 is 2.89 bits per heavy atom. The summed E-state index contributed by atoms with van der Waals surface area (Å²) in [5.41, 5.74) is 0. The summed E-state index contributed by atoms with van der Waals surface area (Å²) in [4.78, 5) is 23.0. The number of hydrogen-bond donors (Lipinski definition) is 0. The Kier molecular flexibility index (Phi) is 6.21. The average molecular weight is 248 g/mol. The molecule has 1 rings (SSSR count). The van der Waals surface area contributed by atoms with Gasteiger partial charge in [-0.3, -0.25) is 9.59 Å². The largest absolute Gasteiger partial charge is 0.465 e. The van der Waals surface area contributed by atoms with Crippen molar-refractivity contribution in [2.45, 2.75) is 39.0 Å². The van der Waals surface area contributed by atoms with Crippen LogP contribution in [0, 0.1) is 24.2 Å². The lowest BCUT2D eigenvalue weighted by molar-refractivity contribution is -0.144. The number of allylic oxidation sites excluding steroid dienone is 2. The van der Waals surface area contributed by atoms with Crippen LogP contribution < -0.4 is 0 Å². The van der Waals surface area contributed by atoms with Crippen molar-refractivity contribution in [2.75, 3.05) is 6.61 Å². The monoisotopic (exact) mass is 248 g/mol. The van der Waals surface area contributed by atoms with Crippen molar-refractivity contribution in [1.82, 2.24) is 0 Å². The van der Waals surface area contributed by atoms with Crippen LogP contribution in [0.4, 0.5) is 0 Å². The van der Waals surface area contributed by atoms with Gasteiger partial charge in [0.15, 0.2) is 0 Å². The van der Waals surface area contributed by atoms with Crippen LogP contribution >= 0.6 is 0 Å². The number of esters is 1. The second-order valence-electron chi connectivity index (χ2n) is 4.65. The van der Waals surface area contributed by atoms with Gasteiger partial charge in [0, 0.05) is 25.7 Å². The van der Waals surface area contributed by atoms with E-state index in [-0.39, 0.29) is 30.2 Å². The summed E-state index contributed by atoms with van der Waals surface area (Å²) in [6.45, 7) is 2.23. The summed E-state index contributed by atoms with van der Waals surface area (Å²) in [6.07, 6.45) is 11.8. The van der Waals surface area contributed by atoms with Gasteiger partial charge in [-0.15, -0.1) is 12.3 Å². The van der Waals surface area contributed by atoms with Gasteiger partial charge < -0.3 is 4.74 Å². The highest BCUT2D eigenvalue weighted by atomic mass is 16.5. The quantitative estimate of drug-likeness (QED) is 0.314. The maximum absolute atomic E-state index is 11.6. The Bertz CT molecular complexity index is 362. The van der Waals surface area contributed by atoms with Crippen molar-refractivity contribution in [3.63, 3.8) is 0 Å². The molecule has 2 unspecified atom stereocenters. The first-order chi connectivity index (χ1) is 8.67. The maximum Gasteiger partial charge on any atom is 0.306 e. The first-order valence-corrected chi connectivity index (χ1v) is 6.39. The normalized spacial score (nSPS) is 23.2. The molecule has 0 heterocycles. The minimum absolute atomic E-state index is 0.132. The molecule has 3 nitrogen and oxygen atoms in total. The molecule has 18 heavy (non-hydrogen) atoms. The Morgan fingerprint density at radius 2 is 2.22 bits per heavy atom. The fraction of sp³-hybridized carbons (Fsp3) is 0.600. The van der Waals surface area contributed by atoms with E-state index in [2.05, 4.69) is 12.0 Å². The zero-order chi connectivity index (χ0) is 13.4. The number of ketones is 1. The molecule has 98 valence electrons. The van der Waals surface area contributed by atoms with Crippen molar-refractivity contribution >= 4 is 11.8 Å². The van der Waals surface area contributed by atoms with E-state index in [1.807, 2.05) is 13.0 Å². The molecule has 0 bridgehead atoms. The highest BCUT2D eigenvalue weighted by Gasteiger charge is 2.33. The molecule has 0 N–H and O–H groups in total. The van der Waals surface area contributed by atoms with E-state index in [4.69, 9.17) is 11.2 Å². The van der Waals surface area contributed by atoms with Gasteiger partial charge in [0.05, 0.1) is 0 Å². The van der Waals surface area contributed by atoms with Crippen LogP contribution in [0.5, 0.6) is 0 Å². The molecule has 1 fully saturated rings. The number of ether oxygens (including phenoxy) is 1. The van der Waals surface area contributed by atoms with E-state index in [1.54, 1.807) is 0 Å². The summed E-state index contributed by atoms with van der Waals surface area (Å²) in [6, 6.07) is 0. The van der Waals surface area contributed by atoms with E-state index in [0.717, 1.165) is 6.42 Å². The second kappa shape index (κ2) is 7.71. The molecule has 2 atom stereocenters. The summed E-state index contributed by atoms with van der Waals surface area (Å²) in [5, 5.41) is 0. The molecular formula is C15H20O3. The Morgan fingerprint density at radius 1 is 1.50 bits per heavy atom. The molecule has 0 radical (unpaired) electrons. The number of terminal acetylenes is 1. The SMILES string of the molecule is C#CCCOC(=O)CC1CC(=O)CC1CC=CC. The standard InChI is InChI=1S/C15H20O3/c1-3-5-7-12-9-14(16)10-13(12)11-15(17)18-8-6-4-2/h2-3,5,12-13H,6-11H2,1H3. The third-order valence-corrected chi connectivity index (χ3v) is 3.26. The minimum atomic E-state index is -0.240. The molecule has 1 aliphatic rings. The third-order valence-electron chi connectivity index (χ3n) is 3.26. The summed E-state index contributed by atoms with van der Waals surface area (Å²) >= 11 is 0. The van der Waals surface area contributed by atoms with Gasteiger partial charge >= 0.3 is 5.97 Å². The van der Waals surface area contributed by atoms with Crippen molar-refractivity contribution in [3.8, 4) is 12.3 Å². The van der Waals surface area contributed by atoms with Crippen molar-refractivity contribution < 1.29 is 14.3 Å². The van der Waals surface area contributed by atoms with E-state index in [9.17, 15) is 9.59 Å². The molecule has 3 heteroatoms. The average Bonchev–Trinajstić information content (AvgIpc) is 2.67. The predicted molar refractivity (Wildman–Crippen MR) is 69.7 cm³/mol. The topological polar surface area (TPSA) is 43.4 Å². The number of hydrogen-bond acceptors (Lipinski definition) is 3. The molecule has 1 saturated carbocycles. The Labute approximate surface area is 109 Å². The van der Waals surface area contributed by atoms with Crippen LogP contribution in [0.15, 0.2) is 12.2 Å². The Hall–Kier alpha value is -1.56. The zero-order valence-electron chi connectivity index (χ0n) is 10.9. The second-order valence-corrected chi connectivity index (χ2v) is 4.65. The van der Waals surface area contributed by atoms with Gasteiger partial charge in [-0.25, -0.2) is 0 Å². The molecular weight excluding hydrogens is 228 g/mol. The third kappa shape index (κ3) is 4.75. The van der Waals surface area contributed by atoms with Crippen LogP contribution in [-0.4, -0.2) is 18.4 Å². The lowest BCUT2D eigenvalue weighted by Gasteiger charge is -2.16. The molecule has 0 saturated heterocycles.